The number of benzene rings is 1. The average molecular weight is 334 g/mol. The molecule has 1 aromatic rings. The minimum Gasteiger partial charge on any atom is -0.454 e. The summed E-state index contributed by atoms with van der Waals surface area (Å²) in [7, 11) is 2.09. The summed E-state index contributed by atoms with van der Waals surface area (Å²) in [6.45, 7) is 4.30. The molecule has 3 aliphatic rings. The van der Waals surface area contributed by atoms with Gasteiger partial charge in [-0.25, -0.2) is 10.4 Å². The second-order valence-corrected chi connectivity index (χ2v) is 7.20. The van der Waals surface area contributed by atoms with Crippen LogP contribution in [0, 0.1) is 0 Å². The van der Waals surface area contributed by atoms with Crippen molar-refractivity contribution in [2.45, 2.75) is 31.4 Å². The lowest BCUT2D eigenvalue weighted by Crippen LogP contribution is -2.35. The smallest absolute Gasteiger partial charge is 0.231 e. The van der Waals surface area contributed by atoms with Crippen molar-refractivity contribution in [2.24, 2.45) is 0 Å². The Labute approximate surface area is 140 Å². The topological polar surface area (TPSA) is 57.8 Å². The normalized spacial score (nSPS) is 26.9. The quantitative estimate of drug-likeness (QED) is 0.772. The molecule has 1 aromatic carbocycles. The van der Waals surface area contributed by atoms with Gasteiger partial charge in [-0.05, 0) is 19.4 Å². The summed E-state index contributed by atoms with van der Waals surface area (Å²) in [5.74, 6) is 1.71. The van der Waals surface area contributed by atoms with Gasteiger partial charge in [0.15, 0.2) is 11.5 Å². The van der Waals surface area contributed by atoms with Crippen molar-refractivity contribution in [3.05, 3.63) is 34.4 Å². The van der Waals surface area contributed by atoms with Gasteiger partial charge in [-0.2, -0.15) is 0 Å². The van der Waals surface area contributed by atoms with E-state index in [0.29, 0.717) is 12.8 Å². The van der Waals surface area contributed by atoms with Crippen molar-refractivity contribution >= 4 is 11.8 Å². The monoisotopic (exact) mass is 334 g/mol. The SMILES string of the molecule is CC1=C([C@H]2CCN(C)N2)SC(NCc2cccc3c2OCO3)N1. The van der Waals surface area contributed by atoms with E-state index in [-0.39, 0.29) is 5.50 Å². The number of ether oxygens (including phenoxy) is 2. The summed E-state index contributed by atoms with van der Waals surface area (Å²) in [5.41, 5.74) is 6.09. The van der Waals surface area contributed by atoms with E-state index >= 15 is 0 Å². The van der Waals surface area contributed by atoms with Crippen LogP contribution in [0.4, 0.5) is 0 Å². The van der Waals surface area contributed by atoms with Gasteiger partial charge < -0.3 is 14.8 Å². The molecule has 0 spiro atoms. The molecule has 1 unspecified atom stereocenters. The van der Waals surface area contributed by atoms with E-state index in [2.05, 4.69) is 41.1 Å². The first-order valence-electron chi connectivity index (χ1n) is 7.93. The summed E-state index contributed by atoms with van der Waals surface area (Å²) in [6.07, 6.45) is 1.15. The maximum Gasteiger partial charge on any atom is 0.231 e. The molecule has 2 atom stereocenters. The number of hydrogen-bond donors (Lipinski definition) is 3. The third kappa shape index (κ3) is 3.01. The van der Waals surface area contributed by atoms with Gasteiger partial charge in [-0.15, -0.1) is 0 Å². The molecule has 0 aromatic heterocycles. The van der Waals surface area contributed by atoms with E-state index in [9.17, 15) is 0 Å². The van der Waals surface area contributed by atoms with Crippen LogP contribution < -0.4 is 25.5 Å². The molecule has 4 rings (SSSR count). The Hall–Kier alpha value is -1.41. The summed E-state index contributed by atoms with van der Waals surface area (Å²) in [4.78, 5) is 1.41. The van der Waals surface area contributed by atoms with E-state index in [1.807, 2.05) is 23.9 Å². The van der Waals surface area contributed by atoms with Crippen molar-refractivity contribution in [1.29, 1.82) is 0 Å². The summed E-state index contributed by atoms with van der Waals surface area (Å²) in [5, 5.41) is 9.25. The number of rotatable bonds is 4. The largest absolute Gasteiger partial charge is 0.454 e. The maximum absolute atomic E-state index is 5.56. The van der Waals surface area contributed by atoms with Crippen LogP contribution in [-0.4, -0.2) is 36.9 Å². The molecule has 0 saturated carbocycles. The summed E-state index contributed by atoms with van der Waals surface area (Å²) >= 11 is 1.87. The third-order valence-electron chi connectivity index (χ3n) is 4.36. The zero-order chi connectivity index (χ0) is 15.8. The molecule has 3 N–H and O–H groups in total. The zero-order valence-corrected chi connectivity index (χ0v) is 14.2. The molecule has 3 aliphatic heterocycles. The molecule has 0 amide bonds. The summed E-state index contributed by atoms with van der Waals surface area (Å²) < 4.78 is 11.0. The van der Waals surface area contributed by atoms with Crippen molar-refractivity contribution in [1.82, 2.24) is 21.1 Å². The number of hydrogen-bond acceptors (Lipinski definition) is 7. The first-order valence-corrected chi connectivity index (χ1v) is 8.81. The lowest BCUT2D eigenvalue weighted by molar-refractivity contribution is 0.173. The Balaban J connectivity index is 1.36. The van der Waals surface area contributed by atoms with Crippen molar-refractivity contribution in [3.8, 4) is 11.5 Å². The molecule has 23 heavy (non-hydrogen) atoms. The molecule has 7 heteroatoms. The highest BCUT2D eigenvalue weighted by atomic mass is 32.2. The highest BCUT2D eigenvalue weighted by molar-refractivity contribution is 8.03. The zero-order valence-electron chi connectivity index (χ0n) is 13.4. The number of para-hydroxylation sites is 1. The molecule has 124 valence electrons. The lowest BCUT2D eigenvalue weighted by atomic mass is 10.2. The molecule has 1 saturated heterocycles. The first kappa shape index (κ1) is 15.1. The van der Waals surface area contributed by atoms with Gasteiger partial charge in [0.1, 0.15) is 5.50 Å². The Morgan fingerprint density at radius 2 is 2.30 bits per heavy atom. The predicted molar refractivity (Wildman–Crippen MR) is 90.8 cm³/mol. The van der Waals surface area contributed by atoms with Gasteiger partial charge in [0.25, 0.3) is 0 Å². The minimum absolute atomic E-state index is 0.191. The Bertz CT molecular complexity index is 637. The van der Waals surface area contributed by atoms with Crippen molar-refractivity contribution in [2.75, 3.05) is 20.4 Å². The highest BCUT2D eigenvalue weighted by Crippen LogP contribution is 2.37. The minimum atomic E-state index is 0.191. The van der Waals surface area contributed by atoms with Crippen molar-refractivity contribution in [3.63, 3.8) is 0 Å². The Morgan fingerprint density at radius 1 is 1.39 bits per heavy atom. The average Bonchev–Trinajstić information content (AvgIpc) is 3.24. The molecule has 0 bridgehead atoms. The van der Waals surface area contributed by atoms with E-state index in [1.165, 1.54) is 10.6 Å². The van der Waals surface area contributed by atoms with E-state index < -0.39 is 0 Å². The number of thioether (sulfide) groups is 1. The van der Waals surface area contributed by atoms with Crippen LogP contribution in [0.25, 0.3) is 0 Å². The summed E-state index contributed by atoms with van der Waals surface area (Å²) in [6, 6.07) is 6.46. The van der Waals surface area contributed by atoms with Crippen LogP contribution >= 0.6 is 11.8 Å². The first-order chi connectivity index (χ1) is 11.2. The lowest BCUT2D eigenvalue weighted by Gasteiger charge is -2.16. The number of hydrazine groups is 1. The number of nitrogens with one attached hydrogen (secondary N) is 3. The van der Waals surface area contributed by atoms with E-state index in [0.717, 1.165) is 36.6 Å². The van der Waals surface area contributed by atoms with Gasteiger partial charge in [-0.3, -0.25) is 5.32 Å². The van der Waals surface area contributed by atoms with Gasteiger partial charge in [0.05, 0.1) is 6.04 Å². The van der Waals surface area contributed by atoms with Gasteiger partial charge >= 0.3 is 0 Å². The Morgan fingerprint density at radius 3 is 3.13 bits per heavy atom. The van der Waals surface area contributed by atoms with Gasteiger partial charge in [0, 0.05) is 36.3 Å². The van der Waals surface area contributed by atoms with E-state index in [4.69, 9.17) is 9.47 Å². The van der Waals surface area contributed by atoms with Crippen molar-refractivity contribution < 1.29 is 9.47 Å². The van der Waals surface area contributed by atoms with Crippen LogP contribution in [0.15, 0.2) is 28.8 Å². The fraction of sp³-hybridized carbons (Fsp3) is 0.500. The highest BCUT2D eigenvalue weighted by Gasteiger charge is 2.31. The number of allylic oxidation sites excluding steroid dienone is 1. The van der Waals surface area contributed by atoms with Crippen LogP contribution in [0.5, 0.6) is 11.5 Å². The molecular weight excluding hydrogens is 312 g/mol. The predicted octanol–water partition coefficient (Wildman–Crippen LogP) is 1.57. The third-order valence-corrected chi connectivity index (χ3v) is 5.73. The molecule has 6 nitrogen and oxygen atoms in total. The fourth-order valence-corrected chi connectivity index (χ4v) is 4.42. The van der Waals surface area contributed by atoms with Crippen LogP contribution in [0.2, 0.25) is 0 Å². The van der Waals surface area contributed by atoms with Crippen LogP contribution in [-0.2, 0) is 6.54 Å². The standard InChI is InChI=1S/C16H22N4O2S/c1-10-15(12-6-7-20(2)19-12)23-16(18-10)17-8-11-4-3-5-13-14(11)22-9-21-13/h3-5,12,16-19H,6-9H2,1-2H3/t12-,16?/m1/s1. The molecule has 0 radical (unpaired) electrons. The maximum atomic E-state index is 5.56. The van der Waals surface area contributed by atoms with Crippen LogP contribution in [0.3, 0.4) is 0 Å². The fourth-order valence-electron chi connectivity index (χ4n) is 3.19. The molecule has 0 aliphatic carbocycles. The molecule has 1 fully saturated rings. The van der Waals surface area contributed by atoms with Crippen LogP contribution in [0.1, 0.15) is 18.9 Å². The second-order valence-electron chi connectivity index (χ2n) is 6.06. The number of fused-ring (bicyclic) bond motifs is 1. The second kappa shape index (κ2) is 6.24. The molecular formula is C16H22N4O2S. The Kier molecular flexibility index (Phi) is 4.11. The number of nitrogens with zero attached hydrogens (tertiary/aromatic N) is 1. The molecule has 3 heterocycles. The van der Waals surface area contributed by atoms with Gasteiger partial charge in [0.2, 0.25) is 6.79 Å². The van der Waals surface area contributed by atoms with E-state index in [1.54, 1.807) is 0 Å². The van der Waals surface area contributed by atoms with Gasteiger partial charge in [-0.1, -0.05) is 23.9 Å².